The number of aliphatic hydroxyl groups excluding tert-OH is 2. The molecule has 0 aliphatic heterocycles. The second-order valence-electron chi connectivity index (χ2n) is 7.01. The lowest BCUT2D eigenvalue weighted by Crippen LogP contribution is -2.09. The van der Waals surface area contributed by atoms with Crippen LogP contribution in [0.25, 0.3) is 0 Å². The fourth-order valence-corrected chi connectivity index (χ4v) is 3.12. The molecule has 0 unspecified atom stereocenters. The number of aliphatic hydroxyl groups is 2. The molecule has 0 aliphatic rings. The van der Waals surface area contributed by atoms with Crippen molar-refractivity contribution in [1.82, 2.24) is 0 Å². The maximum absolute atomic E-state index is 9.04. The summed E-state index contributed by atoms with van der Waals surface area (Å²) in [5.74, 6) is 0.187. The van der Waals surface area contributed by atoms with E-state index < -0.39 is 0 Å². The summed E-state index contributed by atoms with van der Waals surface area (Å²) in [6.07, 6.45) is 1.35. The predicted octanol–water partition coefficient (Wildman–Crippen LogP) is 6.68. The number of hydrogen-bond donors (Lipinski definition) is 2. The Hall–Kier alpha value is -2.66. The van der Waals surface area contributed by atoms with Crippen molar-refractivity contribution in [2.45, 2.75) is 66.2 Å². The van der Waals surface area contributed by atoms with Crippen LogP contribution in [-0.4, -0.2) is 23.4 Å². The third-order valence-corrected chi connectivity index (χ3v) is 4.90. The molecule has 0 aliphatic carbocycles. The summed E-state index contributed by atoms with van der Waals surface area (Å²) in [6.45, 7) is 12.3. The van der Waals surface area contributed by atoms with Crippen LogP contribution in [0.5, 0.6) is 0 Å². The van der Waals surface area contributed by atoms with Gasteiger partial charge in [-0.15, -0.1) is 0 Å². The van der Waals surface area contributed by atoms with Crippen LogP contribution in [0.1, 0.15) is 77.3 Å². The highest BCUT2D eigenvalue weighted by molar-refractivity contribution is 5.26. The van der Waals surface area contributed by atoms with Crippen LogP contribution in [0.2, 0.25) is 0 Å². The van der Waals surface area contributed by atoms with Crippen LogP contribution in [0.15, 0.2) is 60.7 Å². The third kappa shape index (κ3) is 12.3. The molecule has 4 atom stereocenters. The smallest absolute Gasteiger partial charge is 0.0739 e. The van der Waals surface area contributed by atoms with Crippen LogP contribution in [0.4, 0.5) is 0 Å². The third-order valence-electron chi connectivity index (χ3n) is 4.90. The second-order valence-corrected chi connectivity index (χ2v) is 7.01. The van der Waals surface area contributed by atoms with Gasteiger partial charge in [0.05, 0.1) is 24.0 Å². The Morgan fingerprint density at radius 1 is 0.625 bits per heavy atom. The van der Waals surface area contributed by atoms with Gasteiger partial charge in [0.1, 0.15) is 0 Å². The monoisotopic (exact) mass is 438 g/mol. The minimum atomic E-state index is -0.108. The van der Waals surface area contributed by atoms with Crippen molar-refractivity contribution in [2.24, 2.45) is 11.8 Å². The molecular formula is C28H42N2O2. The van der Waals surface area contributed by atoms with E-state index in [1.54, 1.807) is 0 Å². The van der Waals surface area contributed by atoms with E-state index in [1.807, 2.05) is 102 Å². The predicted molar refractivity (Wildman–Crippen MR) is 134 cm³/mol. The van der Waals surface area contributed by atoms with Gasteiger partial charge in [-0.05, 0) is 35.8 Å². The average Bonchev–Trinajstić information content (AvgIpc) is 2.85. The summed E-state index contributed by atoms with van der Waals surface area (Å²) in [4.78, 5) is 0. The summed E-state index contributed by atoms with van der Waals surface area (Å²) in [5.41, 5.74) is 2.08. The van der Waals surface area contributed by atoms with E-state index in [0.717, 1.165) is 11.1 Å². The Labute approximate surface area is 196 Å². The standard InChI is InChI=1S/2C12H15NO.2C2H6/c2*1-10(7-8-14)12(9-13)11-5-3-2-4-6-11;2*1-2/h2*2-6,10,12,14H,7-8H2,1H3;2*1-2H3/t2*10-,12-;;/m10../s1. The molecule has 4 nitrogen and oxygen atoms in total. The molecule has 0 saturated heterocycles. The lowest BCUT2D eigenvalue weighted by atomic mass is 9.87. The fraction of sp³-hybridized carbons (Fsp3) is 0.500. The number of benzene rings is 2. The lowest BCUT2D eigenvalue weighted by molar-refractivity contribution is 0.257. The zero-order valence-electron chi connectivity index (χ0n) is 20.7. The summed E-state index contributed by atoms with van der Waals surface area (Å²) in [7, 11) is 0. The maximum Gasteiger partial charge on any atom is 0.0739 e. The van der Waals surface area contributed by atoms with Gasteiger partial charge in [-0.25, -0.2) is 0 Å². The average molecular weight is 439 g/mol. The quantitative estimate of drug-likeness (QED) is 0.481. The van der Waals surface area contributed by atoms with Crippen LogP contribution in [0, 0.1) is 34.5 Å². The number of nitrogens with zero attached hydrogens (tertiary/aromatic N) is 2. The molecule has 176 valence electrons. The minimum Gasteiger partial charge on any atom is -0.396 e. The van der Waals surface area contributed by atoms with Gasteiger partial charge >= 0.3 is 0 Å². The first-order chi connectivity index (χ1) is 15.6. The van der Waals surface area contributed by atoms with Crippen molar-refractivity contribution in [3.63, 3.8) is 0 Å². The summed E-state index contributed by atoms with van der Waals surface area (Å²) in [6, 6.07) is 24.0. The van der Waals surface area contributed by atoms with Crippen LogP contribution in [-0.2, 0) is 0 Å². The topological polar surface area (TPSA) is 88.0 Å². The molecule has 0 radical (unpaired) electrons. The van der Waals surface area contributed by atoms with Crippen molar-refractivity contribution in [2.75, 3.05) is 13.2 Å². The zero-order valence-corrected chi connectivity index (χ0v) is 20.7. The van der Waals surface area contributed by atoms with Gasteiger partial charge in [0.25, 0.3) is 0 Å². The number of hydrogen-bond acceptors (Lipinski definition) is 4. The van der Waals surface area contributed by atoms with Crippen LogP contribution < -0.4 is 0 Å². The summed E-state index contributed by atoms with van der Waals surface area (Å²) >= 11 is 0. The van der Waals surface area contributed by atoms with Crippen molar-refractivity contribution >= 4 is 0 Å². The van der Waals surface area contributed by atoms with Gasteiger partial charge in [0, 0.05) is 13.2 Å². The molecule has 2 aromatic carbocycles. The summed E-state index contributed by atoms with van der Waals surface area (Å²) < 4.78 is 0. The van der Waals surface area contributed by atoms with Crippen molar-refractivity contribution in [3.8, 4) is 12.1 Å². The molecule has 0 fully saturated rings. The highest BCUT2D eigenvalue weighted by Gasteiger charge is 2.18. The molecule has 4 heteroatoms. The largest absolute Gasteiger partial charge is 0.396 e. The van der Waals surface area contributed by atoms with Crippen molar-refractivity contribution in [1.29, 1.82) is 10.5 Å². The SMILES string of the molecule is CC.CC.C[C@@H](CCO)[C@H](C#N)c1ccccc1.C[C@H](CCO)[C@@H](C#N)c1ccccc1. The molecule has 2 N–H and O–H groups in total. The van der Waals surface area contributed by atoms with Gasteiger partial charge in [0.15, 0.2) is 0 Å². The highest BCUT2D eigenvalue weighted by Crippen LogP contribution is 2.26. The van der Waals surface area contributed by atoms with Gasteiger partial charge in [-0.1, -0.05) is 102 Å². The molecule has 0 saturated carbocycles. The van der Waals surface area contributed by atoms with E-state index in [2.05, 4.69) is 12.1 Å². The molecule has 0 bridgehead atoms. The molecule has 0 amide bonds. The van der Waals surface area contributed by atoms with E-state index in [9.17, 15) is 0 Å². The number of rotatable bonds is 8. The van der Waals surface area contributed by atoms with E-state index in [0.29, 0.717) is 12.8 Å². The first-order valence-electron chi connectivity index (χ1n) is 11.7. The van der Waals surface area contributed by atoms with Gasteiger partial charge in [0.2, 0.25) is 0 Å². The van der Waals surface area contributed by atoms with Crippen molar-refractivity contribution in [3.05, 3.63) is 71.8 Å². The number of nitriles is 2. The van der Waals surface area contributed by atoms with E-state index in [4.69, 9.17) is 20.7 Å². The second kappa shape index (κ2) is 21.6. The van der Waals surface area contributed by atoms with E-state index in [1.165, 1.54) is 0 Å². The molecular weight excluding hydrogens is 396 g/mol. The van der Waals surface area contributed by atoms with Crippen molar-refractivity contribution < 1.29 is 10.2 Å². The molecule has 2 rings (SSSR count). The Bertz CT molecular complexity index is 670. The Morgan fingerprint density at radius 3 is 1.12 bits per heavy atom. The zero-order chi connectivity index (χ0) is 24.8. The molecule has 0 heterocycles. The Balaban J connectivity index is 0. The van der Waals surface area contributed by atoms with Gasteiger partial charge in [-0.3, -0.25) is 0 Å². The highest BCUT2D eigenvalue weighted by atomic mass is 16.3. The Morgan fingerprint density at radius 2 is 0.906 bits per heavy atom. The van der Waals surface area contributed by atoms with E-state index >= 15 is 0 Å². The minimum absolute atomic E-state index is 0.108. The molecule has 0 spiro atoms. The van der Waals surface area contributed by atoms with E-state index in [-0.39, 0.29) is 36.9 Å². The normalized spacial score (nSPS) is 12.9. The van der Waals surface area contributed by atoms with Crippen LogP contribution in [0.3, 0.4) is 0 Å². The first kappa shape index (κ1) is 31.5. The van der Waals surface area contributed by atoms with Crippen LogP contribution >= 0.6 is 0 Å². The molecule has 0 aromatic heterocycles. The summed E-state index contributed by atoms with van der Waals surface area (Å²) in [5, 5.41) is 35.7. The first-order valence-corrected chi connectivity index (χ1v) is 11.7. The van der Waals surface area contributed by atoms with Gasteiger partial charge in [-0.2, -0.15) is 10.5 Å². The Kier molecular flexibility index (Phi) is 21.2. The molecule has 32 heavy (non-hydrogen) atoms. The molecule has 2 aromatic rings. The van der Waals surface area contributed by atoms with Gasteiger partial charge < -0.3 is 10.2 Å². The fourth-order valence-electron chi connectivity index (χ4n) is 3.12. The lowest BCUT2D eigenvalue weighted by Gasteiger charge is -2.16. The maximum atomic E-state index is 9.04.